The number of benzene rings is 1. The van der Waals surface area contributed by atoms with Gasteiger partial charge < -0.3 is 15.1 Å². The molecule has 1 aliphatic heterocycles. The molecule has 1 aromatic carbocycles. The minimum absolute atomic E-state index is 0.00821. The van der Waals surface area contributed by atoms with Crippen LogP contribution in [-0.2, 0) is 30.9 Å². The lowest BCUT2D eigenvalue weighted by Gasteiger charge is -2.29. The summed E-state index contributed by atoms with van der Waals surface area (Å²) in [5, 5.41) is 22.5. The fourth-order valence-electron chi connectivity index (χ4n) is 2.96. The average Bonchev–Trinajstić information content (AvgIpc) is 3.01. The molecule has 1 amide bonds. The number of nitrogens with zero attached hydrogens (tertiary/aromatic N) is 3. The van der Waals surface area contributed by atoms with Crippen LogP contribution in [0.5, 0.6) is 0 Å². The minimum atomic E-state index is -0.883. The lowest BCUT2D eigenvalue weighted by atomic mass is 10.0. The average molecular weight is 329 g/mol. The van der Waals surface area contributed by atoms with E-state index in [2.05, 4.69) is 5.10 Å². The molecule has 7 nitrogen and oxygen atoms in total. The molecule has 0 aliphatic carbocycles. The molecule has 2 heterocycles. The first-order chi connectivity index (χ1) is 11.6. The molecule has 0 fully saturated rings. The van der Waals surface area contributed by atoms with Gasteiger partial charge in [-0.2, -0.15) is 5.10 Å². The second kappa shape index (κ2) is 6.84. The zero-order chi connectivity index (χ0) is 17.1. The Balaban J connectivity index is 1.81. The standard InChI is InChI=1S/C17H19N3O4/c21-11-13-9-18-20-8-7-19(10-15(13)20)17(24)14-4-2-1-3-12(14)5-6-16(22)23/h1-4,9,21H,5-8,10-11H2,(H,22,23). The van der Waals surface area contributed by atoms with Crippen LogP contribution in [0.25, 0.3) is 0 Å². The van der Waals surface area contributed by atoms with E-state index in [1.54, 1.807) is 29.3 Å². The molecule has 0 unspecified atom stereocenters. The summed E-state index contributed by atoms with van der Waals surface area (Å²) < 4.78 is 1.81. The van der Waals surface area contributed by atoms with Gasteiger partial charge >= 0.3 is 5.97 Å². The van der Waals surface area contributed by atoms with Gasteiger partial charge in [-0.1, -0.05) is 18.2 Å². The maximum atomic E-state index is 12.9. The van der Waals surface area contributed by atoms with E-state index in [4.69, 9.17) is 5.11 Å². The molecule has 3 rings (SSSR count). The van der Waals surface area contributed by atoms with E-state index in [9.17, 15) is 14.7 Å². The van der Waals surface area contributed by atoms with Crippen molar-refractivity contribution in [3.8, 4) is 0 Å². The molecule has 0 bridgehead atoms. The molecular formula is C17H19N3O4. The van der Waals surface area contributed by atoms with E-state index >= 15 is 0 Å². The molecule has 0 saturated carbocycles. The third-order valence-electron chi connectivity index (χ3n) is 4.27. The van der Waals surface area contributed by atoms with Crippen LogP contribution in [-0.4, -0.2) is 43.3 Å². The largest absolute Gasteiger partial charge is 0.481 e. The van der Waals surface area contributed by atoms with Gasteiger partial charge in [0.05, 0.1) is 31.6 Å². The van der Waals surface area contributed by atoms with E-state index in [1.165, 1.54) is 0 Å². The number of aryl methyl sites for hydroxylation is 1. The number of carbonyl (C=O) groups is 2. The number of aliphatic hydroxyl groups is 1. The van der Waals surface area contributed by atoms with Crippen molar-refractivity contribution in [1.82, 2.24) is 14.7 Å². The third-order valence-corrected chi connectivity index (χ3v) is 4.27. The fraction of sp³-hybridized carbons (Fsp3) is 0.353. The Hall–Kier alpha value is -2.67. The molecule has 1 aromatic heterocycles. The summed E-state index contributed by atoms with van der Waals surface area (Å²) in [6.07, 6.45) is 1.95. The molecule has 2 aromatic rings. The van der Waals surface area contributed by atoms with Crippen molar-refractivity contribution in [2.75, 3.05) is 6.54 Å². The van der Waals surface area contributed by atoms with Crippen molar-refractivity contribution >= 4 is 11.9 Å². The second-order valence-corrected chi connectivity index (χ2v) is 5.78. The third kappa shape index (κ3) is 3.16. The molecule has 0 saturated heterocycles. The molecule has 126 valence electrons. The summed E-state index contributed by atoms with van der Waals surface area (Å²) >= 11 is 0. The monoisotopic (exact) mass is 329 g/mol. The summed E-state index contributed by atoms with van der Waals surface area (Å²) in [4.78, 5) is 25.4. The first kappa shape index (κ1) is 16.2. The summed E-state index contributed by atoms with van der Waals surface area (Å²) in [6.45, 7) is 1.40. The quantitative estimate of drug-likeness (QED) is 0.855. The van der Waals surface area contributed by atoms with Gasteiger partial charge in [0, 0.05) is 24.1 Å². The number of carboxylic acids is 1. The molecule has 7 heteroatoms. The first-order valence-electron chi connectivity index (χ1n) is 7.83. The summed E-state index contributed by atoms with van der Waals surface area (Å²) in [7, 11) is 0. The molecule has 24 heavy (non-hydrogen) atoms. The Labute approximate surface area is 139 Å². The first-order valence-corrected chi connectivity index (χ1v) is 7.83. The van der Waals surface area contributed by atoms with Gasteiger partial charge in [-0.25, -0.2) is 0 Å². The predicted molar refractivity (Wildman–Crippen MR) is 85.3 cm³/mol. The van der Waals surface area contributed by atoms with Crippen LogP contribution in [0.4, 0.5) is 0 Å². The number of hydrogen-bond donors (Lipinski definition) is 2. The number of aliphatic carboxylic acids is 1. The smallest absolute Gasteiger partial charge is 0.303 e. The van der Waals surface area contributed by atoms with Crippen molar-refractivity contribution in [3.63, 3.8) is 0 Å². The van der Waals surface area contributed by atoms with Crippen LogP contribution in [0.3, 0.4) is 0 Å². The second-order valence-electron chi connectivity index (χ2n) is 5.78. The van der Waals surface area contributed by atoms with Crippen LogP contribution >= 0.6 is 0 Å². The lowest BCUT2D eigenvalue weighted by molar-refractivity contribution is -0.136. The Bertz CT molecular complexity index is 755. The normalized spacial score (nSPS) is 13.6. The molecule has 1 aliphatic rings. The van der Waals surface area contributed by atoms with Gasteiger partial charge in [0.25, 0.3) is 5.91 Å². The molecule has 0 atom stereocenters. The van der Waals surface area contributed by atoms with Gasteiger partial charge in [0.1, 0.15) is 0 Å². The topological polar surface area (TPSA) is 95.7 Å². The fourth-order valence-corrected chi connectivity index (χ4v) is 2.96. The summed E-state index contributed by atoms with van der Waals surface area (Å²) in [6, 6.07) is 7.12. The summed E-state index contributed by atoms with van der Waals surface area (Å²) in [5.41, 5.74) is 2.86. The zero-order valence-corrected chi connectivity index (χ0v) is 13.2. The number of aliphatic hydroxyl groups excluding tert-OH is 1. The maximum absolute atomic E-state index is 12.9. The molecular weight excluding hydrogens is 310 g/mol. The van der Waals surface area contributed by atoms with E-state index in [-0.39, 0.29) is 18.9 Å². The van der Waals surface area contributed by atoms with Gasteiger partial charge in [0.15, 0.2) is 0 Å². The van der Waals surface area contributed by atoms with Gasteiger partial charge in [-0.3, -0.25) is 14.3 Å². The lowest BCUT2D eigenvalue weighted by Crippen LogP contribution is -2.39. The number of amides is 1. The van der Waals surface area contributed by atoms with Crippen LogP contribution < -0.4 is 0 Å². The Kier molecular flexibility index (Phi) is 4.61. The molecule has 0 radical (unpaired) electrons. The Morgan fingerprint density at radius 1 is 1.17 bits per heavy atom. The number of fused-ring (bicyclic) bond motifs is 1. The number of carboxylic acid groups (broad SMARTS) is 1. The van der Waals surface area contributed by atoms with Crippen LogP contribution in [0.1, 0.15) is 33.6 Å². The van der Waals surface area contributed by atoms with E-state index in [0.29, 0.717) is 31.6 Å². The molecule has 2 N–H and O–H groups in total. The van der Waals surface area contributed by atoms with Crippen LogP contribution in [0.15, 0.2) is 30.5 Å². The highest BCUT2D eigenvalue weighted by atomic mass is 16.4. The number of aromatic nitrogens is 2. The van der Waals surface area contributed by atoms with Crippen molar-refractivity contribution in [3.05, 3.63) is 52.8 Å². The van der Waals surface area contributed by atoms with Gasteiger partial charge in [-0.15, -0.1) is 0 Å². The van der Waals surface area contributed by atoms with Crippen molar-refractivity contribution in [1.29, 1.82) is 0 Å². The predicted octanol–water partition coefficient (Wildman–Crippen LogP) is 1.05. The number of hydrogen-bond acceptors (Lipinski definition) is 4. The van der Waals surface area contributed by atoms with Gasteiger partial charge in [-0.05, 0) is 18.1 Å². The SMILES string of the molecule is O=C(O)CCc1ccccc1C(=O)N1CCn2ncc(CO)c2C1. The summed E-state index contributed by atoms with van der Waals surface area (Å²) in [5.74, 6) is -1.00. The highest BCUT2D eigenvalue weighted by molar-refractivity contribution is 5.95. The highest BCUT2D eigenvalue weighted by Gasteiger charge is 2.25. The van der Waals surface area contributed by atoms with Crippen LogP contribution in [0.2, 0.25) is 0 Å². The Morgan fingerprint density at radius 2 is 1.96 bits per heavy atom. The number of carbonyl (C=O) groups excluding carboxylic acids is 1. The van der Waals surface area contributed by atoms with Gasteiger partial charge in [0.2, 0.25) is 0 Å². The minimum Gasteiger partial charge on any atom is -0.481 e. The van der Waals surface area contributed by atoms with E-state index in [1.807, 2.05) is 10.7 Å². The maximum Gasteiger partial charge on any atom is 0.303 e. The highest BCUT2D eigenvalue weighted by Crippen LogP contribution is 2.20. The number of rotatable bonds is 5. The van der Waals surface area contributed by atoms with E-state index < -0.39 is 5.97 Å². The van der Waals surface area contributed by atoms with Crippen molar-refractivity contribution in [2.45, 2.75) is 32.5 Å². The van der Waals surface area contributed by atoms with Crippen molar-refractivity contribution in [2.24, 2.45) is 0 Å². The zero-order valence-electron chi connectivity index (χ0n) is 13.2. The van der Waals surface area contributed by atoms with Crippen molar-refractivity contribution < 1.29 is 19.8 Å². The Morgan fingerprint density at radius 3 is 2.71 bits per heavy atom. The molecule has 0 spiro atoms. The van der Waals surface area contributed by atoms with Crippen LogP contribution in [0, 0.1) is 0 Å². The van der Waals surface area contributed by atoms with E-state index in [0.717, 1.165) is 16.8 Å².